The Kier molecular flexibility index (Phi) is 3.14. The molecule has 4 heteroatoms. The second-order valence-corrected chi connectivity index (χ2v) is 5.17. The molecule has 0 fully saturated rings. The zero-order valence-corrected chi connectivity index (χ0v) is 12.0. The van der Waals surface area contributed by atoms with Crippen molar-refractivity contribution in [3.05, 3.63) is 59.3 Å². The second kappa shape index (κ2) is 4.96. The van der Waals surface area contributed by atoms with E-state index in [-0.39, 0.29) is 6.04 Å². The largest absolute Gasteiger partial charge is 0.346 e. The van der Waals surface area contributed by atoms with E-state index >= 15 is 0 Å². The summed E-state index contributed by atoms with van der Waals surface area (Å²) >= 11 is 0. The van der Waals surface area contributed by atoms with Crippen molar-refractivity contribution in [2.45, 2.75) is 26.8 Å². The first-order valence-electron chi connectivity index (χ1n) is 6.78. The Balaban J connectivity index is 1.85. The van der Waals surface area contributed by atoms with Crippen LogP contribution in [0.1, 0.15) is 29.7 Å². The standard InChI is InChI=1S/C16H18N4/c1-11-6-8-14(9-7-11)13(3)17-16-18-15-12(2)5-4-10-20(15)19-16/h4-10,13H,1-3H3,(H,17,19). The Bertz CT molecular complexity index is 728. The van der Waals surface area contributed by atoms with Crippen LogP contribution in [0.5, 0.6) is 0 Å². The second-order valence-electron chi connectivity index (χ2n) is 5.17. The Labute approximate surface area is 118 Å². The van der Waals surface area contributed by atoms with E-state index in [9.17, 15) is 0 Å². The van der Waals surface area contributed by atoms with Crippen molar-refractivity contribution in [1.82, 2.24) is 14.6 Å². The van der Waals surface area contributed by atoms with Crippen LogP contribution in [-0.2, 0) is 0 Å². The van der Waals surface area contributed by atoms with Gasteiger partial charge in [0.1, 0.15) is 0 Å². The van der Waals surface area contributed by atoms with Gasteiger partial charge in [-0.05, 0) is 38.0 Å². The first-order chi connectivity index (χ1) is 9.63. The fourth-order valence-corrected chi connectivity index (χ4v) is 2.23. The Morgan fingerprint density at radius 3 is 2.55 bits per heavy atom. The molecule has 4 nitrogen and oxygen atoms in total. The van der Waals surface area contributed by atoms with Crippen LogP contribution in [0, 0.1) is 13.8 Å². The van der Waals surface area contributed by atoms with E-state index in [0.717, 1.165) is 11.2 Å². The highest BCUT2D eigenvalue weighted by molar-refractivity contribution is 5.50. The van der Waals surface area contributed by atoms with E-state index in [1.807, 2.05) is 25.3 Å². The van der Waals surface area contributed by atoms with Gasteiger partial charge in [0.05, 0.1) is 6.04 Å². The molecule has 3 aromatic rings. The molecule has 1 aromatic carbocycles. The highest BCUT2D eigenvalue weighted by atomic mass is 15.3. The molecule has 2 aromatic heterocycles. The van der Waals surface area contributed by atoms with E-state index < -0.39 is 0 Å². The van der Waals surface area contributed by atoms with Crippen molar-refractivity contribution in [2.75, 3.05) is 5.32 Å². The molecular formula is C16H18N4. The quantitative estimate of drug-likeness (QED) is 0.788. The number of hydrogen-bond acceptors (Lipinski definition) is 3. The third kappa shape index (κ3) is 2.37. The molecule has 0 aliphatic rings. The molecule has 0 bridgehead atoms. The summed E-state index contributed by atoms with van der Waals surface area (Å²) in [6.07, 6.45) is 1.91. The molecule has 0 aliphatic carbocycles. The van der Waals surface area contributed by atoms with Gasteiger partial charge in [-0.3, -0.25) is 0 Å². The smallest absolute Gasteiger partial charge is 0.243 e. The summed E-state index contributed by atoms with van der Waals surface area (Å²) in [6.45, 7) is 6.24. The van der Waals surface area contributed by atoms with Crippen LogP contribution in [0.15, 0.2) is 42.6 Å². The van der Waals surface area contributed by atoms with E-state index in [0.29, 0.717) is 5.95 Å². The van der Waals surface area contributed by atoms with Crippen LogP contribution in [0.2, 0.25) is 0 Å². The molecule has 20 heavy (non-hydrogen) atoms. The zero-order valence-electron chi connectivity index (χ0n) is 12.0. The van der Waals surface area contributed by atoms with E-state index in [1.165, 1.54) is 11.1 Å². The first kappa shape index (κ1) is 12.7. The predicted molar refractivity (Wildman–Crippen MR) is 80.9 cm³/mol. The molecule has 2 heterocycles. The van der Waals surface area contributed by atoms with Gasteiger partial charge in [0, 0.05) is 6.20 Å². The summed E-state index contributed by atoms with van der Waals surface area (Å²) in [5.74, 6) is 0.660. The first-order valence-corrected chi connectivity index (χ1v) is 6.78. The van der Waals surface area contributed by atoms with Crippen LogP contribution < -0.4 is 5.32 Å². The van der Waals surface area contributed by atoms with Crippen LogP contribution in [-0.4, -0.2) is 14.6 Å². The minimum atomic E-state index is 0.174. The van der Waals surface area contributed by atoms with Crippen molar-refractivity contribution in [2.24, 2.45) is 0 Å². The molecule has 0 saturated heterocycles. The third-order valence-corrected chi connectivity index (χ3v) is 3.48. The molecular weight excluding hydrogens is 248 g/mol. The van der Waals surface area contributed by atoms with E-state index in [2.05, 4.69) is 53.5 Å². The van der Waals surface area contributed by atoms with E-state index in [4.69, 9.17) is 0 Å². The minimum Gasteiger partial charge on any atom is -0.346 e. The van der Waals surface area contributed by atoms with Crippen molar-refractivity contribution in [3.63, 3.8) is 0 Å². The van der Waals surface area contributed by atoms with Gasteiger partial charge in [0.15, 0.2) is 5.65 Å². The Morgan fingerprint density at radius 2 is 1.85 bits per heavy atom. The average molecular weight is 266 g/mol. The number of benzene rings is 1. The number of nitrogens with one attached hydrogen (secondary N) is 1. The van der Waals surface area contributed by atoms with Gasteiger partial charge in [0.2, 0.25) is 5.95 Å². The van der Waals surface area contributed by atoms with Crippen LogP contribution in [0.4, 0.5) is 5.95 Å². The molecule has 0 spiro atoms. The van der Waals surface area contributed by atoms with Crippen molar-refractivity contribution in [3.8, 4) is 0 Å². The van der Waals surface area contributed by atoms with Crippen molar-refractivity contribution in [1.29, 1.82) is 0 Å². The lowest BCUT2D eigenvalue weighted by atomic mass is 10.1. The molecule has 1 N–H and O–H groups in total. The summed E-state index contributed by atoms with van der Waals surface area (Å²) in [6, 6.07) is 12.7. The summed E-state index contributed by atoms with van der Waals surface area (Å²) in [7, 11) is 0. The molecule has 1 unspecified atom stereocenters. The maximum atomic E-state index is 4.54. The summed E-state index contributed by atoms with van der Waals surface area (Å²) in [4.78, 5) is 4.54. The molecule has 102 valence electrons. The number of rotatable bonds is 3. The maximum Gasteiger partial charge on any atom is 0.243 e. The van der Waals surface area contributed by atoms with Crippen molar-refractivity contribution >= 4 is 11.6 Å². The topological polar surface area (TPSA) is 42.2 Å². The Hall–Kier alpha value is -2.36. The molecule has 0 amide bonds. The Morgan fingerprint density at radius 1 is 1.10 bits per heavy atom. The number of aryl methyl sites for hydroxylation is 2. The predicted octanol–water partition coefficient (Wildman–Crippen LogP) is 3.52. The highest BCUT2D eigenvalue weighted by Crippen LogP contribution is 2.18. The van der Waals surface area contributed by atoms with Gasteiger partial charge in [-0.15, -0.1) is 5.10 Å². The van der Waals surface area contributed by atoms with Crippen molar-refractivity contribution < 1.29 is 0 Å². The van der Waals surface area contributed by atoms with Crippen LogP contribution in [0.3, 0.4) is 0 Å². The average Bonchev–Trinajstić information content (AvgIpc) is 2.83. The molecule has 0 radical (unpaired) electrons. The van der Waals surface area contributed by atoms with Crippen LogP contribution in [0.25, 0.3) is 5.65 Å². The lowest BCUT2D eigenvalue weighted by molar-refractivity contribution is 0.852. The molecule has 3 rings (SSSR count). The van der Waals surface area contributed by atoms with Gasteiger partial charge in [-0.25, -0.2) is 4.52 Å². The van der Waals surface area contributed by atoms with Gasteiger partial charge < -0.3 is 5.32 Å². The molecule has 0 aliphatic heterocycles. The lowest BCUT2D eigenvalue weighted by Crippen LogP contribution is -2.07. The SMILES string of the molecule is Cc1ccc(C(C)Nc2nc3c(C)cccn3n2)cc1. The third-order valence-electron chi connectivity index (χ3n) is 3.48. The number of nitrogens with zero attached hydrogens (tertiary/aromatic N) is 3. The van der Waals surface area contributed by atoms with Gasteiger partial charge in [-0.1, -0.05) is 35.9 Å². The highest BCUT2D eigenvalue weighted by Gasteiger charge is 2.10. The fourth-order valence-electron chi connectivity index (χ4n) is 2.23. The zero-order chi connectivity index (χ0) is 14.1. The van der Waals surface area contributed by atoms with Gasteiger partial charge in [0.25, 0.3) is 0 Å². The van der Waals surface area contributed by atoms with Gasteiger partial charge in [-0.2, -0.15) is 4.98 Å². The number of fused-ring (bicyclic) bond motifs is 1. The normalized spacial score (nSPS) is 12.6. The fraction of sp³-hybridized carbons (Fsp3) is 0.250. The summed E-state index contributed by atoms with van der Waals surface area (Å²) in [5.41, 5.74) is 4.51. The molecule has 0 saturated carbocycles. The van der Waals surface area contributed by atoms with E-state index in [1.54, 1.807) is 4.52 Å². The number of pyridine rings is 1. The van der Waals surface area contributed by atoms with Crippen LogP contribution >= 0.6 is 0 Å². The lowest BCUT2D eigenvalue weighted by Gasteiger charge is -2.12. The minimum absolute atomic E-state index is 0.174. The number of anilines is 1. The number of aromatic nitrogens is 3. The maximum absolute atomic E-state index is 4.54. The molecule has 1 atom stereocenters. The van der Waals surface area contributed by atoms with Gasteiger partial charge >= 0.3 is 0 Å². The number of hydrogen-bond donors (Lipinski definition) is 1. The monoisotopic (exact) mass is 266 g/mol. The summed E-state index contributed by atoms with van der Waals surface area (Å²) < 4.78 is 1.81. The summed E-state index contributed by atoms with van der Waals surface area (Å²) in [5, 5.41) is 7.80.